The smallest absolute Gasteiger partial charge is 0.270 e. The van der Waals surface area contributed by atoms with Crippen LogP contribution in [0.15, 0.2) is 39.9 Å². The lowest BCUT2D eigenvalue weighted by atomic mass is 9.87. The molecule has 7 heteroatoms. The summed E-state index contributed by atoms with van der Waals surface area (Å²) in [7, 11) is 0. The van der Waals surface area contributed by atoms with Gasteiger partial charge in [-0.2, -0.15) is 0 Å². The number of benzene rings is 1. The first-order chi connectivity index (χ1) is 12.0. The third kappa shape index (κ3) is 2.39. The summed E-state index contributed by atoms with van der Waals surface area (Å²) >= 11 is 0. The molecule has 0 radical (unpaired) electrons. The van der Waals surface area contributed by atoms with E-state index in [0.717, 1.165) is 10.9 Å². The number of aromatic amines is 2. The minimum absolute atomic E-state index is 0.0228. The number of carbonyl (C=O) groups is 1. The predicted octanol–water partition coefficient (Wildman–Crippen LogP) is 2.07. The number of pyridine rings is 1. The summed E-state index contributed by atoms with van der Waals surface area (Å²) in [6, 6.07) is 9.19. The molecule has 7 nitrogen and oxygen atoms in total. The quantitative estimate of drug-likeness (QED) is 0.667. The van der Waals surface area contributed by atoms with E-state index >= 15 is 0 Å². The minimum atomic E-state index is -0.569. The molecule has 3 aromatic rings. The highest BCUT2D eigenvalue weighted by Gasteiger charge is 2.34. The molecule has 1 amide bonds. The Labute approximate surface area is 142 Å². The number of carbonyl (C=O) groups excluding carboxylic acids is 1. The van der Waals surface area contributed by atoms with Crippen LogP contribution in [0.1, 0.15) is 43.4 Å². The summed E-state index contributed by atoms with van der Waals surface area (Å²) in [4.78, 5) is 40.2. The van der Waals surface area contributed by atoms with Gasteiger partial charge in [0.05, 0.1) is 5.56 Å². The maximum atomic E-state index is 12.6. The van der Waals surface area contributed by atoms with Gasteiger partial charge in [-0.25, -0.2) is 0 Å². The molecule has 2 aromatic heterocycles. The predicted molar refractivity (Wildman–Crippen MR) is 95.1 cm³/mol. The second-order valence-corrected chi connectivity index (χ2v) is 6.61. The summed E-state index contributed by atoms with van der Waals surface area (Å²) in [5.74, 6) is -0.326. The number of hydrogen-bond acceptors (Lipinski definition) is 3. The van der Waals surface area contributed by atoms with Crippen molar-refractivity contribution in [3.05, 3.63) is 62.2 Å². The highest BCUT2D eigenvalue weighted by atomic mass is 16.2. The van der Waals surface area contributed by atoms with Crippen molar-refractivity contribution in [2.45, 2.75) is 32.2 Å². The van der Waals surface area contributed by atoms with E-state index in [2.05, 4.69) is 15.4 Å². The molecule has 0 spiro atoms. The van der Waals surface area contributed by atoms with Gasteiger partial charge in [0.15, 0.2) is 0 Å². The van der Waals surface area contributed by atoms with Gasteiger partial charge in [-0.1, -0.05) is 18.2 Å². The number of fused-ring (bicyclic) bond motifs is 2. The number of anilines is 1. The molecule has 0 bridgehead atoms. The fraction of sp³-hybridized carbons (Fsp3) is 0.278. The van der Waals surface area contributed by atoms with E-state index < -0.39 is 5.92 Å². The van der Waals surface area contributed by atoms with Crippen LogP contribution in [0.2, 0.25) is 0 Å². The fourth-order valence-electron chi connectivity index (χ4n) is 3.46. The summed E-state index contributed by atoms with van der Waals surface area (Å²) < 4.78 is 1.64. The van der Waals surface area contributed by atoms with Crippen molar-refractivity contribution in [3.63, 3.8) is 0 Å². The van der Waals surface area contributed by atoms with Crippen molar-refractivity contribution < 1.29 is 4.79 Å². The van der Waals surface area contributed by atoms with Crippen LogP contribution in [0.3, 0.4) is 0 Å². The Balaban J connectivity index is 1.96. The monoisotopic (exact) mass is 338 g/mol. The molecule has 1 aromatic carbocycles. The van der Waals surface area contributed by atoms with Crippen molar-refractivity contribution in [2.24, 2.45) is 0 Å². The molecule has 1 aliphatic heterocycles. The van der Waals surface area contributed by atoms with Gasteiger partial charge in [-0.15, -0.1) is 0 Å². The minimum Gasteiger partial charge on any atom is -0.322 e. The van der Waals surface area contributed by atoms with E-state index in [1.807, 2.05) is 38.1 Å². The number of aromatic nitrogens is 3. The van der Waals surface area contributed by atoms with E-state index in [4.69, 9.17) is 0 Å². The standard InChI is InChI=1S/C18H18N4O3/c1-9(2)22-16-15(18(25)21-22)11(8-14(23)20-16)12-7-10-5-3-4-6-13(10)19-17(12)24/h3-7,9,11H,8H2,1-2H3,(H,19,24)(H,20,23)(H,21,25)/t11-/m1/s1. The fourth-order valence-corrected chi connectivity index (χ4v) is 3.46. The molecular formula is C18H18N4O3. The highest BCUT2D eigenvalue weighted by molar-refractivity contribution is 5.94. The molecular weight excluding hydrogens is 320 g/mol. The maximum absolute atomic E-state index is 12.6. The third-order valence-corrected chi connectivity index (χ3v) is 4.63. The second kappa shape index (κ2) is 5.47. The lowest BCUT2D eigenvalue weighted by Crippen LogP contribution is -2.30. The third-order valence-electron chi connectivity index (χ3n) is 4.63. The van der Waals surface area contributed by atoms with Crippen LogP contribution < -0.4 is 16.4 Å². The zero-order valence-electron chi connectivity index (χ0n) is 13.9. The SMILES string of the molecule is CC(C)n1[nH]c(=O)c2c1NC(=O)C[C@@H]2c1cc2ccccc2[nH]c1=O. The molecule has 1 atom stereocenters. The lowest BCUT2D eigenvalue weighted by Gasteiger charge is -2.23. The first kappa shape index (κ1) is 15.4. The van der Waals surface area contributed by atoms with Gasteiger partial charge in [0, 0.05) is 29.5 Å². The Hall–Kier alpha value is -3.09. The summed E-state index contributed by atoms with van der Waals surface area (Å²) in [5.41, 5.74) is 1.04. The molecule has 1 aliphatic rings. The maximum Gasteiger partial charge on any atom is 0.270 e. The molecule has 25 heavy (non-hydrogen) atoms. The van der Waals surface area contributed by atoms with Crippen molar-refractivity contribution in [1.29, 1.82) is 0 Å². The summed E-state index contributed by atoms with van der Waals surface area (Å²) in [5, 5.41) is 6.40. The van der Waals surface area contributed by atoms with Gasteiger partial charge in [0.1, 0.15) is 5.82 Å². The largest absolute Gasteiger partial charge is 0.322 e. The van der Waals surface area contributed by atoms with Crippen molar-refractivity contribution in [2.75, 3.05) is 5.32 Å². The van der Waals surface area contributed by atoms with Crippen LogP contribution >= 0.6 is 0 Å². The van der Waals surface area contributed by atoms with Gasteiger partial charge in [-0.05, 0) is 31.4 Å². The number of hydrogen-bond donors (Lipinski definition) is 3. The molecule has 0 unspecified atom stereocenters. The van der Waals surface area contributed by atoms with E-state index in [1.54, 1.807) is 10.7 Å². The molecule has 4 rings (SSSR count). The first-order valence-corrected chi connectivity index (χ1v) is 8.22. The Morgan fingerprint density at radius 1 is 1.12 bits per heavy atom. The van der Waals surface area contributed by atoms with Crippen LogP contribution in [-0.2, 0) is 4.79 Å². The Morgan fingerprint density at radius 2 is 1.88 bits per heavy atom. The highest BCUT2D eigenvalue weighted by Crippen LogP contribution is 2.35. The summed E-state index contributed by atoms with van der Waals surface area (Å²) in [6.45, 7) is 3.82. The van der Waals surface area contributed by atoms with Gasteiger partial charge >= 0.3 is 0 Å². The number of nitrogens with one attached hydrogen (secondary N) is 3. The number of rotatable bonds is 2. The number of para-hydroxylation sites is 1. The Bertz CT molecular complexity index is 1100. The van der Waals surface area contributed by atoms with Crippen molar-refractivity contribution in [1.82, 2.24) is 14.8 Å². The number of amides is 1. The Kier molecular flexibility index (Phi) is 3.38. The average molecular weight is 338 g/mol. The number of H-pyrrole nitrogens is 2. The van der Waals surface area contributed by atoms with Gasteiger partial charge in [0.25, 0.3) is 11.1 Å². The van der Waals surface area contributed by atoms with Gasteiger partial charge < -0.3 is 10.3 Å². The van der Waals surface area contributed by atoms with Crippen LogP contribution in [0.5, 0.6) is 0 Å². The van der Waals surface area contributed by atoms with Crippen molar-refractivity contribution in [3.8, 4) is 0 Å². The first-order valence-electron chi connectivity index (χ1n) is 8.22. The van der Waals surface area contributed by atoms with Crippen LogP contribution in [0.4, 0.5) is 5.82 Å². The van der Waals surface area contributed by atoms with Crippen LogP contribution in [0, 0.1) is 0 Å². The Morgan fingerprint density at radius 3 is 2.64 bits per heavy atom. The van der Waals surface area contributed by atoms with Crippen molar-refractivity contribution >= 4 is 22.6 Å². The van der Waals surface area contributed by atoms with Crippen LogP contribution in [-0.4, -0.2) is 20.7 Å². The van der Waals surface area contributed by atoms with E-state index in [-0.39, 0.29) is 29.5 Å². The second-order valence-electron chi connectivity index (χ2n) is 6.61. The molecule has 3 N–H and O–H groups in total. The van der Waals surface area contributed by atoms with E-state index in [0.29, 0.717) is 16.9 Å². The number of nitrogens with zero attached hydrogens (tertiary/aromatic N) is 1. The van der Waals surface area contributed by atoms with Gasteiger partial charge in [-0.3, -0.25) is 24.2 Å². The van der Waals surface area contributed by atoms with E-state index in [1.165, 1.54) is 0 Å². The average Bonchev–Trinajstić information content (AvgIpc) is 2.90. The topological polar surface area (TPSA) is 99.8 Å². The lowest BCUT2D eigenvalue weighted by molar-refractivity contribution is -0.116. The van der Waals surface area contributed by atoms with Gasteiger partial charge in [0.2, 0.25) is 5.91 Å². The molecule has 0 saturated heterocycles. The molecule has 128 valence electrons. The molecule has 0 saturated carbocycles. The van der Waals surface area contributed by atoms with E-state index in [9.17, 15) is 14.4 Å². The van der Waals surface area contributed by atoms with Crippen LogP contribution in [0.25, 0.3) is 10.9 Å². The molecule has 0 fully saturated rings. The zero-order valence-corrected chi connectivity index (χ0v) is 13.9. The normalized spacial score (nSPS) is 16.9. The molecule has 0 aliphatic carbocycles. The summed E-state index contributed by atoms with van der Waals surface area (Å²) in [6.07, 6.45) is 0.0691. The molecule has 3 heterocycles. The zero-order chi connectivity index (χ0) is 17.7.